The van der Waals surface area contributed by atoms with E-state index in [-0.39, 0.29) is 11.4 Å². The summed E-state index contributed by atoms with van der Waals surface area (Å²) in [6.45, 7) is 8.13. The predicted octanol–water partition coefficient (Wildman–Crippen LogP) is 2.71. The fourth-order valence-electron chi connectivity index (χ4n) is 2.05. The van der Waals surface area contributed by atoms with E-state index >= 15 is 0 Å². The third-order valence-corrected chi connectivity index (χ3v) is 4.11. The van der Waals surface area contributed by atoms with E-state index in [0.717, 1.165) is 30.1 Å². The summed E-state index contributed by atoms with van der Waals surface area (Å²) in [5.41, 5.74) is 0.775. The third kappa shape index (κ3) is 4.48. The highest BCUT2D eigenvalue weighted by molar-refractivity contribution is 7.15. The van der Waals surface area contributed by atoms with Crippen molar-refractivity contribution in [3.05, 3.63) is 15.8 Å². The van der Waals surface area contributed by atoms with Crippen molar-refractivity contribution in [1.82, 2.24) is 5.32 Å². The van der Waals surface area contributed by atoms with Crippen molar-refractivity contribution < 1.29 is 9.53 Å². The number of carbonyl (C=O) groups is 1. The first kappa shape index (κ1) is 15.9. The highest BCUT2D eigenvalue weighted by atomic mass is 32.1. The van der Waals surface area contributed by atoms with Gasteiger partial charge >= 0.3 is 5.97 Å². The SMILES string of the molecule is COC(=O)c1sc(C#CC(C)(C)C)cc1NC1CCNC1. The Hall–Kier alpha value is -1.51. The van der Waals surface area contributed by atoms with Crippen LogP contribution in [0.3, 0.4) is 0 Å². The fraction of sp³-hybridized carbons (Fsp3) is 0.562. The fourth-order valence-corrected chi connectivity index (χ4v) is 2.94. The van der Waals surface area contributed by atoms with E-state index in [2.05, 4.69) is 43.2 Å². The minimum atomic E-state index is -0.308. The molecule has 1 aliphatic rings. The summed E-state index contributed by atoms with van der Waals surface area (Å²) in [4.78, 5) is 13.4. The Bertz CT molecular complexity index is 569. The minimum absolute atomic E-state index is 0.0572. The van der Waals surface area contributed by atoms with E-state index in [1.54, 1.807) is 0 Å². The van der Waals surface area contributed by atoms with Crippen LogP contribution in [0.15, 0.2) is 6.07 Å². The lowest BCUT2D eigenvalue weighted by Gasteiger charge is -2.12. The highest BCUT2D eigenvalue weighted by Gasteiger charge is 2.21. The zero-order valence-electron chi connectivity index (χ0n) is 13.0. The number of esters is 1. The van der Waals surface area contributed by atoms with Gasteiger partial charge in [0.1, 0.15) is 4.88 Å². The van der Waals surface area contributed by atoms with Gasteiger partial charge in [-0.2, -0.15) is 0 Å². The Kier molecular flexibility index (Phi) is 4.92. The van der Waals surface area contributed by atoms with Gasteiger partial charge < -0.3 is 15.4 Å². The molecule has 1 saturated heterocycles. The Morgan fingerprint density at radius 3 is 2.86 bits per heavy atom. The average molecular weight is 306 g/mol. The van der Waals surface area contributed by atoms with Crippen molar-refractivity contribution in [2.45, 2.75) is 33.2 Å². The zero-order chi connectivity index (χ0) is 15.5. The number of carbonyl (C=O) groups excluding carboxylic acids is 1. The zero-order valence-corrected chi connectivity index (χ0v) is 13.8. The lowest BCUT2D eigenvalue weighted by molar-refractivity contribution is 0.0607. The number of hydrogen-bond acceptors (Lipinski definition) is 5. The van der Waals surface area contributed by atoms with Crippen LogP contribution in [0.25, 0.3) is 0 Å². The van der Waals surface area contributed by atoms with Gasteiger partial charge in [0.15, 0.2) is 0 Å². The second-order valence-electron chi connectivity index (χ2n) is 6.18. The molecule has 1 atom stereocenters. The molecule has 0 spiro atoms. The summed E-state index contributed by atoms with van der Waals surface area (Å²) in [7, 11) is 1.41. The van der Waals surface area contributed by atoms with Crippen LogP contribution in [0.5, 0.6) is 0 Å². The molecule has 114 valence electrons. The number of ether oxygens (including phenoxy) is 1. The van der Waals surface area contributed by atoms with Gasteiger partial charge in [0.2, 0.25) is 0 Å². The van der Waals surface area contributed by atoms with Gasteiger partial charge in [-0.25, -0.2) is 4.79 Å². The normalized spacial score (nSPS) is 18.0. The summed E-state index contributed by atoms with van der Waals surface area (Å²) in [6, 6.07) is 2.31. The van der Waals surface area contributed by atoms with E-state index in [9.17, 15) is 4.79 Å². The van der Waals surface area contributed by atoms with Crippen LogP contribution in [0.2, 0.25) is 0 Å². The molecule has 0 bridgehead atoms. The molecule has 0 aliphatic carbocycles. The first-order chi connectivity index (χ1) is 9.89. The highest BCUT2D eigenvalue weighted by Crippen LogP contribution is 2.29. The van der Waals surface area contributed by atoms with E-state index in [1.165, 1.54) is 18.4 Å². The summed E-state index contributed by atoms with van der Waals surface area (Å²) in [5.74, 6) is 6.04. The second kappa shape index (κ2) is 6.50. The molecule has 1 unspecified atom stereocenters. The Labute approximate surface area is 130 Å². The van der Waals surface area contributed by atoms with E-state index in [1.807, 2.05) is 6.07 Å². The van der Waals surface area contributed by atoms with Crippen molar-refractivity contribution >= 4 is 23.0 Å². The number of hydrogen-bond donors (Lipinski definition) is 2. The second-order valence-corrected chi connectivity index (χ2v) is 7.23. The van der Waals surface area contributed by atoms with Crippen LogP contribution in [0, 0.1) is 17.3 Å². The molecule has 2 N–H and O–H groups in total. The van der Waals surface area contributed by atoms with Gasteiger partial charge in [-0.1, -0.05) is 11.8 Å². The van der Waals surface area contributed by atoms with Crippen LogP contribution in [0.1, 0.15) is 41.7 Å². The van der Waals surface area contributed by atoms with Crippen LogP contribution in [-0.4, -0.2) is 32.2 Å². The smallest absolute Gasteiger partial charge is 0.350 e. The standard InChI is InChI=1S/C16H22N2O2S/c1-16(2,3)7-5-12-9-13(14(21-12)15(19)20-4)18-11-6-8-17-10-11/h9,11,17-18H,6,8,10H2,1-4H3. The first-order valence-electron chi connectivity index (χ1n) is 7.11. The van der Waals surface area contributed by atoms with Gasteiger partial charge in [0.05, 0.1) is 17.7 Å². The van der Waals surface area contributed by atoms with E-state index < -0.39 is 0 Å². The molecule has 0 saturated carbocycles. The average Bonchev–Trinajstić information content (AvgIpc) is 3.05. The van der Waals surface area contributed by atoms with Crippen molar-refractivity contribution in [3.8, 4) is 11.8 Å². The summed E-state index contributed by atoms with van der Waals surface area (Å²) in [5, 5.41) is 6.73. The molecule has 0 aromatic carbocycles. The molecule has 5 heteroatoms. The maximum Gasteiger partial charge on any atom is 0.350 e. The van der Waals surface area contributed by atoms with E-state index in [0.29, 0.717) is 10.9 Å². The maximum atomic E-state index is 11.9. The van der Waals surface area contributed by atoms with Crippen molar-refractivity contribution in [2.75, 3.05) is 25.5 Å². The number of thiophene rings is 1. The van der Waals surface area contributed by atoms with E-state index in [4.69, 9.17) is 4.74 Å². The molecule has 1 aromatic rings. The first-order valence-corrected chi connectivity index (χ1v) is 7.93. The van der Waals surface area contributed by atoms with Gasteiger partial charge in [0.25, 0.3) is 0 Å². The van der Waals surface area contributed by atoms with Crippen LogP contribution >= 0.6 is 11.3 Å². The minimum Gasteiger partial charge on any atom is -0.465 e. The maximum absolute atomic E-state index is 11.9. The summed E-state index contributed by atoms with van der Waals surface area (Å²) < 4.78 is 4.87. The molecule has 0 amide bonds. The summed E-state index contributed by atoms with van der Waals surface area (Å²) >= 11 is 1.39. The van der Waals surface area contributed by atoms with Gasteiger partial charge in [-0.05, 0) is 39.8 Å². The third-order valence-electron chi connectivity index (χ3n) is 3.08. The quantitative estimate of drug-likeness (QED) is 0.666. The molecular formula is C16H22N2O2S. The molecule has 21 heavy (non-hydrogen) atoms. The van der Waals surface area contributed by atoms with Crippen LogP contribution in [0.4, 0.5) is 5.69 Å². The Morgan fingerprint density at radius 1 is 1.52 bits per heavy atom. The molecular weight excluding hydrogens is 284 g/mol. The topological polar surface area (TPSA) is 50.4 Å². The lowest BCUT2D eigenvalue weighted by atomic mass is 9.98. The number of methoxy groups -OCH3 is 1. The number of rotatable bonds is 3. The molecule has 2 heterocycles. The predicted molar refractivity (Wildman–Crippen MR) is 86.9 cm³/mol. The Balaban J connectivity index is 2.25. The van der Waals surface area contributed by atoms with Gasteiger partial charge in [-0.3, -0.25) is 0 Å². The van der Waals surface area contributed by atoms with Crippen molar-refractivity contribution in [1.29, 1.82) is 0 Å². The van der Waals surface area contributed by atoms with Crippen LogP contribution in [-0.2, 0) is 4.74 Å². The van der Waals surface area contributed by atoms with Gasteiger partial charge in [-0.15, -0.1) is 11.3 Å². The Morgan fingerprint density at radius 2 is 2.29 bits per heavy atom. The molecule has 1 aromatic heterocycles. The molecule has 4 nitrogen and oxygen atoms in total. The monoisotopic (exact) mass is 306 g/mol. The molecule has 2 rings (SSSR count). The molecule has 0 radical (unpaired) electrons. The number of nitrogens with one attached hydrogen (secondary N) is 2. The van der Waals surface area contributed by atoms with Crippen molar-refractivity contribution in [2.24, 2.45) is 5.41 Å². The largest absolute Gasteiger partial charge is 0.465 e. The van der Waals surface area contributed by atoms with Crippen LogP contribution < -0.4 is 10.6 Å². The van der Waals surface area contributed by atoms with Gasteiger partial charge in [0, 0.05) is 18.0 Å². The molecule has 1 fully saturated rings. The lowest BCUT2D eigenvalue weighted by Crippen LogP contribution is -2.22. The summed E-state index contributed by atoms with van der Waals surface area (Å²) in [6.07, 6.45) is 1.06. The molecule has 1 aliphatic heterocycles. The van der Waals surface area contributed by atoms with Crippen molar-refractivity contribution in [3.63, 3.8) is 0 Å². The number of anilines is 1.